The van der Waals surface area contributed by atoms with Crippen LogP contribution >= 0.6 is 12.4 Å². The first-order valence-electron chi connectivity index (χ1n) is 3.65. The van der Waals surface area contributed by atoms with E-state index in [1.807, 2.05) is 6.07 Å². The molecule has 0 amide bonds. The maximum Gasteiger partial charge on any atom is 0.185 e. The fourth-order valence-electron chi connectivity index (χ4n) is 0.829. The Morgan fingerprint density at radius 1 is 1.36 bits per heavy atom. The number of nitrogens with zero attached hydrogens (tertiary/aromatic N) is 3. The number of allylic oxidation sites excluding steroid dienone is 1. The van der Waals surface area contributed by atoms with Crippen LogP contribution in [0.25, 0.3) is 10.4 Å². The molecule has 1 aromatic carbocycles. The van der Waals surface area contributed by atoms with Crippen molar-refractivity contribution in [1.82, 2.24) is 0 Å². The normalized spacial score (nSPS) is 8.86. The van der Waals surface area contributed by atoms with Gasteiger partial charge in [-0.15, -0.1) is 12.4 Å². The van der Waals surface area contributed by atoms with Crippen molar-refractivity contribution in [1.29, 1.82) is 0 Å². The van der Waals surface area contributed by atoms with E-state index < -0.39 is 0 Å². The predicted molar refractivity (Wildman–Crippen MR) is 56.3 cm³/mol. The topological polar surface area (TPSA) is 65.8 Å². The number of benzene rings is 1. The minimum atomic E-state index is -0.173. The maximum atomic E-state index is 11.2. The number of hydrogen-bond acceptors (Lipinski definition) is 2. The van der Waals surface area contributed by atoms with Gasteiger partial charge in [0.2, 0.25) is 0 Å². The Balaban J connectivity index is 0.00000169. The molecule has 0 saturated carbocycles. The molecule has 4 nitrogen and oxygen atoms in total. The molecule has 0 radical (unpaired) electrons. The van der Waals surface area contributed by atoms with Crippen LogP contribution in [0.3, 0.4) is 0 Å². The lowest BCUT2D eigenvalue weighted by molar-refractivity contribution is 0.104. The van der Waals surface area contributed by atoms with Crippen LogP contribution < -0.4 is 0 Å². The van der Waals surface area contributed by atoms with E-state index in [1.165, 1.54) is 6.08 Å². The molecule has 72 valence electrons. The highest BCUT2D eigenvalue weighted by molar-refractivity contribution is 6.04. The summed E-state index contributed by atoms with van der Waals surface area (Å²) in [5.41, 5.74) is 8.52. The number of ketones is 1. The molecule has 0 saturated heterocycles. The van der Waals surface area contributed by atoms with Crippen LogP contribution in [0.15, 0.2) is 47.7 Å². The highest BCUT2D eigenvalue weighted by Gasteiger charge is 1.97. The summed E-state index contributed by atoms with van der Waals surface area (Å²) in [6, 6.07) is 8.77. The second kappa shape index (κ2) is 6.71. The third-order valence-electron chi connectivity index (χ3n) is 1.40. The Labute approximate surface area is 87.3 Å². The Hall–Kier alpha value is -1.77. The molecule has 5 heteroatoms. The van der Waals surface area contributed by atoms with Crippen molar-refractivity contribution in [3.05, 3.63) is 58.6 Å². The molecule has 0 bridgehead atoms. The SMILES string of the molecule is Cl.[N-]=[N+]=NC=CC(=O)c1ccccc1. The van der Waals surface area contributed by atoms with Crippen molar-refractivity contribution < 1.29 is 4.79 Å². The number of hydrogen-bond donors (Lipinski definition) is 0. The number of carbonyl (C=O) groups excluding carboxylic acids is 1. The summed E-state index contributed by atoms with van der Waals surface area (Å²) in [4.78, 5) is 13.7. The van der Waals surface area contributed by atoms with Gasteiger partial charge < -0.3 is 0 Å². The first-order chi connectivity index (χ1) is 6.34. The third kappa shape index (κ3) is 3.76. The molecule has 1 aromatic rings. The number of halogens is 1. The molecule has 0 aliphatic rings. The summed E-state index contributed by atoms with van der Waals surface area (Å²) in [7, 11) is 0. The first kappa shape index (κ1) is 12.2. The Kier molecular flexibility index (Phi) is 5.87. The lowest BCUT2D eigenvalue weighted by Gasteiger charge is -1.91. The minimum absolute atomic E-state index is 0. The predicted octanol–water partition coefficient (Wildman–Crippen LogP) is 3.12. The second-order valence-corrected chi connectivity index (χ2v) is 2.25. The van der Waals surface area contributed by atoms with E-state index in [0.29, 0.717) is 5.56 Å². The molecule has 0 unspecified atom stereocenters. The molecule has 0 N–H and O–H groups in total. The summed E-state index contributed by atoms with van der Waals surface area (Å²) in [5, 5.41) is 3.12. The molecule has 0 aliphatic heterocycles. The van der Waals surface area contributed by atoms with Gasteiger partial charge in [-0.2, -0.15) is 0 Å². The van der Waals surface area contributed by atoms with E-state index in [1.54, 1.807) is 24.3 Å². The monoisotopic (exact) mass is 209 g/mol. The largest absolute Gasteiger partial charge is 0.289 e. The van der Waals surface area contributed by atoms with E-state index in [4.69, 9.17) is 5.53 Å². The summed E-state index contributed by atoms with van der Waals surface area (Å²) in [6.45, 7) is 0. The van der Waals surface area contributed by atoms with Crippen LogP contribution in [0.1, 0.15) is 10.4 Å². The quantitative estimate of drug-likeness (QED) is 0.248. The standard InChI is InChI=1S/C9H7N3O.ClH/c10-12-11-7-6-9(13)8-4-2-1-3-5-8;/h1-7H;1H. The summed E-state index contributed by atoms with van der Waals surface area (Å²) < 4.78 is 0. The van der Waals surface area contributed by atoms with Gasteiger partial charge in [0.05, 0.1) is 0 Å². The maximum absolute atomic E-state index is 11.2. The van der Waals surface area contributed by atoms with Crippen molar-refractivity contribution in [3.8, 4) is 0 Å². The van der Waals surface area contributed by atoms with Crippen LogP contribution in [0, 0.1) is 0 Å². The van der Waals surface area contributed by atoms with Gasteiger partial charge in [0.1, 0.15) is 0 Å². The third-order valence-corrected chi connectivity index (χ3v) is 1.40. The summed E-state index contributed by atoms with van der Waals surface area (Å²) >= 11 is 0. The molecule has 14 heavy (non-hydrogen) atoms. The van der Waals surface area contributed by atoms with Crippen molar-refractivity contribution in [2.45, 2.75) is 0 Å². The molecule has 0 fully saturated rings. The van der Waals surface area contributed by atoms with Gasteiger partial charge in [-0.3, -0.25) is 4.79 Å². The number of rotatable bonds is 3. The second-order valence-electron chi connectivity index (χ2n) is 2.25. The van der Waals surface area contributed by atoms with Crippen molar-refractivity contribution >= 4 is 18.2 Å². The first-order valence-corrected chi connectivity index (χ1v) is 3.65. The van der Waals surface area contributed by atoms with Gasteiger partial charge in [0.15, 0.2) is 5.78 Å². The molecule has 1 rings (SSSR count). The minimum Gasteiger partial charge on any atom is -0.289 e. The molecule has 0 spiro atoms. The average Bonchev–Trinajstić information content (AvgIpc) is 2.19. The fourth-order valence-corrected chi connectivity index (χ4v) is 0.829. The Bertz CT molecular complexity index is 369. The summed E-state index contributed by atoms with van der Waals surface area (Å²) in [5.74, 6) is -0.173. The van der Waals surface area contributed by atoms with Crippen LogP contribution in [0.2, 0.25) is 0 Å². The smallest absolute Gasteiger partial charge is 0.185 e. The zero-order valence-corrected chi connectivity index (χ0v) is 8.02. The van der Waals surface area contributed by atoms with Crippen LogP contribution in [-0.2, 0) is 0 Å². The van der Waals surface area contributed by atoms with Crippen LogP contribution in [0.4, 0.5) is 0 Å². The molecular formula is C9H8ClN3O. The molecular weight excluding hydrogens is 202 g/mol. The van der Waals surface area contributed by atoms with E-state index in [2.05, 4.69) is 10.0 Å². The molecule has 0 aliphatic carbocycles. The van der Waals surface area contributed by atoms with Crippen molar-refractivity contribution in [2.75, 3.05) is 0 Å². The number of carbonyl (C=O) groups is 1. The lowest BCUT2D eigenvalue weighted by atomic mass is 10.1. The lowest BCUT2D eigenvalue weighted by Crippen LogP contribution is -1.91. The number of azide groups is 1. The van der Waals surface area contributed by atoms with E-state index in [0.717, 1.165) is 6.20 Å². The van der Waals surface area contributed by atoms with Gasteiger partial charge in [-0.1, -0.05) is 35.4 Å². The van der Waals surface area contributed by atoms with Crippen LogP contribution in [0.5, 0.6) is 0 Å². The zero-order valence-electron chi connectivity index (χ0n) is 7.20. The molecule has 0 atom stereocenters. The highest BCUT2D eigenvalue weighted by Crippen LogP contribution is 2.00. The fraction of sp³-hybridized carbons (Fsp3) is 0. The van der Waals surface area contributed by atoms with Gasteiger partial charge in [-0.25, -0.2) is 0 Å². The van der Waals surface area contributed by atoms with E-state index >= 15 is 0 Å². The van der Waals surface area contributed by atoms with Gasteiger partial charge >= 0.3 is 0 Å². The van der Waals surface area contributed by atoms with Crippen molar-refractivity contribution in [2.24, 2.45) is 5.11 Å². The molecule has 0 aromatic heterocycles. The van der Waals surface area contributed by atoms with E-state index in [-0.39, 0.29) is 18.2 Å². The van der Waals surface area contributed by atoms with Crippen molar-refractivity contribution in [3.63, 3.8) is 0 Å². The van der Waals surface area contributed by atoms with Gasteiger partial charge in [-0.05, 0) is 11.6 Å². The zero-order chi connectivity index (χ0) is 9.52. The van der Waals surface area contributed by atoms with E-state index in [9.17, 15) is 4.79 Å². The van der Waals surface area contributed by atoms with Gasteiger partial charge in [0, 0.05) is 16.7 Å². The Morgan fingerprint density at radius 2 is 2.00 bits per heavy atom. The van der Waals surface area contributed by atoms with Crippen LogP contribution in [-0.4, -0.2) is 5.78 Å². The van der Waals surface area contributed by atoms with Gasteiger partial charge in [0.25, 0.3) is 0 Å². The average molecular weight is 210 g/mol. The molecule has 0 heterocycles. The highest BCUT2D eigenvalue weighted by atomic mass is 35.5. The summed E-state index contributed by atoms with van der Waals surface area (Å²) in [6.07, 6.45) is 2.37. The Morgan fingerprint density at radius 3 is 2.57 bits per heavy atom.